The van der Waals surface area contributed by atoms with Crippen molar-refractivity contribution in [2.24, 2.45) is 0 Å². The Balaban J connectivity index is 2.07. The molecule has 0 aromatic heterocycles. The van der Waals surface area contributed by atoms with E-state index >= 15 is 0 Å². The number of imide groups is 1. The molecule has 0 radical (unpaired) electrons. The summed E-state index contributed by atoms with van der Waals surface area (Å²) in [6, 6.07) is 8.23. The molecule has 1 aromatic rings. The summed E-state index contributed by atoms with van der Waals surface area (Å²) in [5.41, 5.74) is 1.81. The molecule has 1 aliphatic heterocycles. The van der Waals surface area contributed by atoms with Crippen molar-refractivity contribution in [1.82, 2.24) is 26.0 Å². The van der Waals surface area contributed by atoms with Gasteiger partial charge >= 0.3 is 6.03 Å². The first kappa shape index (κ1) is 21.4. The Labute approximate surface area is 164 Å². The normalized spacial score (nSPS) is 18.9. The van der Waals surface area contributed by atoms with Gasteiger partial charge in [-0.05, 0) is 25.5 Å². The lowest BCUT2D eigenvalue weighted by molar-refractivity contribution is -0.140. The van der Waals surface area contributed by atoms with Crippen LogP contribution in [0.25, 0.3) is 0 Å². The van der Waals surface area contributed by atoms with Crippen molar-refractivity contribution in [2.45, 2.75) is 32.7 Å². The van der Waals surface area contributed by atoms with Gasteiger partial charge in [0.2, 0.25) is 5.91 Å². The van der Waals surface area contributed by atoms with Crippen molar-refractivity contribution in [3.05, 3.63) is 35.9 Å². The highest BCUT2D eigenvalue weighted by Crippen LogP contribution is 2.31. The Morgan fingerprint density at radius 2 is 1.71 bits per heavy atom. The van der Waals surface area contributed by atoms with Crippen molar-refractivity contribution in [3.63, 3.8) is 0 Å². The Kier molecular flexibility index (Phi) is 7.11. The van der Waals surface area contributed by atoms with E-state index in [0.717, 1.165) is 5.01 Å². The van der Waals surface area contributed by atoms with Crippen LogP contribution < -0.4 is 16.1 Å². The molecular weight excluding hydrogens is 362 g/mol. The molecule has 0 aliphatic carbocycles. The van der Waals surface area contributed by atoms with Gasteiger partial charge in [0.15, 0.2) is 0 Å². The fourth-order valence-electron chi connectivity index (χ4n) is 3.14. The maximum Gasteiger partial charge on any atom is 0.344 e. The number of carbonyl (C=O) groups excluding carboxylic acids is 4. The average molecular weight is 389 g/mol. The van der Waals surface area contributed by atoms with Crippen LogP contribution in [0.5, 0.6) is 0 Å². The third-order valence-electron chi connectivity index (χ3n) is 4.68. The number of urea groups is 1. The van der Waals surface area contributed by atoms with Gasteiger partial charge < -0.3 is 10.6 Å². The van der Waals surface area contributed by atoms with E-state index in [1.54, 1.807) is 36.1 Å². The van der Waals surface area contributed by atoms with Crippen LogP contribution in [-0.2, 0) is 19.9 Å². The number of amides is 5. The highest BCUT2D eigenvalue weighted by Gasteiger charge is 2.52. The van der Waals surface area contributed by atoms with Crippen molar-refractivity contribution in [3.8, 4) is 0 Å². The van der Waals surface area contributed by atoms with Crippen LogP contribution in [0.15, 0.2) is 30.3 Å². The molecule has 2 rings (SSSR count). The summed E-state index contributed by atoms with van der Waals surface area (Å²) in [5, 5.41) is 6.09. The van der Waals surface area contributed by atoms with Gasteiger partial charge in [-0.2, -0.15) is 5.01 Å². The molecule has 1 aliphatic rings. The third-order valence-corrected chi connectivity index (χ3v) is 4.68. The second kappa shape index (κ2) is 9.32. The van der Waals surface area contributed by atoms with E-state index in [9.17, 15) is 19.2 Å². The Morgan fingerprint density at radius 3 is 2.29 bits per heavy atom. The zero-order chi connectivity index (χ0) is 20.7. The molecule has 152 valence electrons. The lowest BCUT2D eigenvalue weighted by Crippen LogP contribution is -2.51. The first-order valence-electron chi connectivity index (χ1n) is 9.38. The Morgan fingerprint density at radius 1 is 1.07 bits per heavy atom. The number of likely N-dealkylation sites (N-methyl/N-ethyl adjacent to an activating group) is 2. The maximum atomic E-state index is 13.0. The summed E-state index contributed by atoms with van der Waals surface area (Å²) in [4.78, 5) is 51.1. The molecule has 3 N–H and O–H groups in total. The summed E-state index contributed by atoms with van der Waals surface area (Å²) >= 11 is 0. The minimum atomic E-state index is -1.21. The third kappa shape index (κ3) is 4.48. The van der Waals surface area contributed by atoms with E-state index in [2.05, 4.69) is 16.1 Å². The van der Waals surface area contributed by atoms with Gasteiger partial charge in [-0.3, -0.25) is 24.7 Å². The monoisotopic (exact) mass is 389 g/mol. The first-order valence-corrected chi connectivity index (χ1v) is 9.38. The zero-order valence-electron chi connectivity index (χ0n) is 16.4. The summed E-state index contributed by atoms with van der Waals surface area (Å²) in [7, 11) is 0. The quantitative estimate of drug-likeness (QED) is 0.527. The van der Waals surface area contributed by atoms with Gasteiger partial charge in [-0.15, -0.1) is 0 Å². The number of hydrogen-bond acceptors (Lipinski definition) is 5. The largest absolute Gasteiger partial charge is 0.355 e. The van der Waals surface area contributed by atoms with Crippen LogP contribution in [-0.4, -0.2) is 59.8 Å². The van der Waals surface area contributed by atoms with Crippen LogP contribution >= 0.6 is 0 Å². The lowest BCUT2D eigenvalue weighted by Gasteiger charge is -2.26. The van der Waals surface area contributed by atoms with Gasteiger partial charge in [-0.1, -0.05) is 44.2 Å². The van der Waals surface area contributed by atoms with Crippen molar-refractivity contribution in [1.29, 1.82) is 0 Å². The standard InChI is InChI=1S/C19H27N5O4/c1-4-19(14-10-8-7-9-11-14)17(27)24(18(28)21-19)22-16(26)13-23(6-3)12-15(25)20-5-2/h7-11H,4-6,12-13H2,1-3H3,(H,20,25)(H,21,28)(H,22,26)/t19-/m1/s1. The van der Waals surface area contributed by atoms with Crippen molar-refractivity contribution in [2.75, 3.05) is 26.2 Å². The molecule has 0 unspecified atom stereocenters. The Bertz CT molecular complexity index is 739. The second-order valence-corrected chi connectivity index (χ2v) is 6.49. The number of rotatable bonds is 9. The molecular formula is C19H27N5O4. The highest BCUT2D eigenvalue weighted by molar-refractivity contribution is 6.08. The molecule has 9 nitrogen and oxygen atoms in total. The summed E-state index contributed by atoms with van der Waals surface area (Å²) in [6.45, 7) is 6.33. The number of hydrogen-bond donors (Lipinski definition) is 3. The van der Waals surface area contributed by atoms with E-state index < -0.39 is 23.4 Å². The Hall–Kier alpha value is -2.94. The predicted molar refractivity (Wildman–Crippen MR) is 103 cm³/mol. The fourth-order valence-corrected chi connectivity index (χ4v) is 3.14. The van der Waals surface area contributed by atoms with E-state index in [0.29, 0.717) is 25.1 Å². The molecule has 1 heterocycles. The molecule has 1 saturated heterocycles. The molecule has 1 atom stereocenters. The molecule has 5 amide bonds. The fraction of sp³-hybridized carbons (Fsp3) is 0.474. The molecule has 0 spiro atoms. The first-order chi connectivity index (χ1) is 13.4. The van der Waals surface area contributed by atoms with Gasteiger partial charge in [0.25, 0.3) is 11.8 Å². The van der Waals surface area contributed by atoms with Gasteiger partial charge in [0.05, 0.1) is 13.1 Å². The zero-order valence-corrected chi connectivity index (χ0v) is 16.4. The smallest absolute Gasteiger partial charge is 0.344 e. The molecule has 1 aromatic carbocycles. The van der Waals surface area contributed by atoms with Gasteiger partial charge in [-0.25, -0.2) is 4.79 Å². The summed E-state index contributed by atoms with van der Waals surface area (Å²) in [6.07, 6.45) is 0.340. The molecule has 1 fully saturated rings. The number of carbonyl (C=O) groups is 4. The SMILES string of the molecule is CCNC(=O)CN(CC)CC(=O)NN1C(=O)N[C@](CC)(c2ccccc2)C1=O. The average Bonchev–Trinajstić information content (AvgIpc) is 2.93. The highest BCUT2D eigenvalue weighted by atomic mass is 16.2. The number of nitrogens with one attached hydrogen (secondary N) is 3. The topological polar surface area (TPSA) is 111 Å². The van der Waals surface area contributed by atoms with Crippen LogP contribution in [0, 0.1) is 0 Å². The van der Waals surface area contributed by atoms with E-state index in [1.165, 1.54) is 0 Å². The number of hydrazine groups is 1. The van der Waals surface area contributed by atoms with Gasteiger partial charge in [0, 0.05) is 6.54 Å². The molecule has 0 bridgehead atoms. The lowest BCUT2D eigenvalue weighted by atomic mass is 9.87. The van der Waals surface area contributed by atoms with E-state index in [1.807, 2.05) is 19.9 Å². The molecule has 0 saturated carbocycles. The predicted octanol–water partition coefficient (Wildman–Crippen LogP) is 0.333. The minimum absolute atomic E-state index is 0.0564. The minimum Gasteiger partial charge on any atom is -0.355 e. The van der Waals surface area contributed by atoms with Gasteiger partial charge in [0.1, 0.15) is 5.54 Å². The summed E-state index contributed by atoms with van der Waals surface area (Å²) < 4.78 is 0. The van der Waals surface area contributed by atoms with Crippen molar-refractivity contribution >= 4 is 23.8 Å². The molecule has 28 heavy (non-hydrogen) atoms. The van der Waals surface area contributed by atoms with Crippen LogP contribution in [0.1, 0.15) is 32.8 Å². The van der Waals surface area contributed by atoms with Crippen LogP contribution in [0.2, 0.25) is 0 Å². The number of benzene rings is 1. The molecule has 9 heteroatoms. The number of nitrogens with zero attached hydrogens (tertiary/aromatic N) is 2. The summed E-state index contributed by atoms with van der Waals surface area (Å²) in [5.74, 6) is -1.28. The maximum absolute atomic E-state index is 13.0. The van der Waals surface area contributed by atoms with Crippen LogP contribution in [0.4, 0.5) is 4.79 Å². The second-order valence-electron chi connectivity index (χ2n) is 6.49. The van der Waals surface area contributed by atoms with Crippen LogP contribution in [0.3, 0.4) is 0 Å². The van der Waals surface area contributed by atoms with E-state index in [-0.39, 0.29) is 19.0 Å². The van der Waals surface area contributed by atoms with Crippen molar-refractivity contribution < 1.29 is 19.2 Å². The van der Waals surface area contributed by atoms with E-state index in [4.69, 9.17) is 0 Å².